The van der Waals surface area contributed by atoms with E-state index in [1.165, 1.54) is 6.07 Å². The number of pyridine rings is 1. The lowest BCUT2D eigenvalue weighted by molar-refractivity contribution is -0.137. The predicted molar refractivity (Wildman–Crippen MR) is 112 cm³/mol. The minimum Gasteiger partial charge on any atom is -0.497 e. The van der Waals surface area contributed by atoms with Crippen molar-refractivity contribution in [3.8, 4) is 11.4 Å². The van der Waals surface area contributed by atoms with Crippen molar-refractivity contribution in [1.29, 1.82) is 0 Å². The topological polar surface area (TPSA) is 72.3 Å². The summed E-state index contributed by atoms with van der Waals surface area (Å²) in [6.45, 7) is 1.17. The Labute approximate surface area is 182 Å². The van der Waals surface area contributed by atoms with Crippen LogP contribution in [-0.4, -0.2) is 46.9 Å². The molecule has 10 heteroatoms. The van der Waals surface area contributed by atoms with Crippen LogP contribution in [0.4, 0.5) is 19.0 Å². The Kier molecular flexibility index (Phi) is 6.02. The molecule has 7 nitrogen and oxygen atoms in total. The van der Waals surface area contributed by atoms with Crippen LogP contribution in [0.5, 0.6) is 5.75 Å². The summed E-state index contributed by atoms with van der Waals surface area (Å²) in [4.78, 5) is 18.5. The molecule has 3 aromatic rings. The first-order valence-electron chi connectivity index (χ1n) is 10.1. The Hall–Kier alpha value is -3.56. The van der Waals surface area contributed by atoms with Gasteiger partial charge in [0.05, 0.1) is 18.4 Å². The molecule has 4 rings (SSSR count). The van der Waals surface area contributed by atoms with Crippen molar-refractivity contribution in [2.75, 3.05) is 25.1 Å². The summed E-state index contributed by atoms with van der Waals surface area (Å²) in [6, 6.07) is 11.4. The van der Waals surface area contributed by atoms with Gasteiger partial charge in [-0.3, -0.25) is 4.79 Å². The number of anilines is 1. The highest BCUT2D eigenvalue weighted by atomic mass is 19.4. The number of nitrogens with one attached hydrogen (secondary N) is 1. The summed E-state index contributed by atoms with van der Waals surface area (Å²) in [5.41, 5.74) is 0.354. The lowest BCUT2D eigenvalue weighted by atomic mass is 10.0. The average Bonchev–Trinajstić information content (AvgIpc) is 3.30. The largest absolute Gasteiger partial charge is 0.497 e. The van der Waals surface area contributed by atoms with Crippen molar-refractivity contribution >= 4 is 11.7 Å². The number of rotatable bonds is 5. The van der Waals surface area contributed by atoms with Crippen LogP contribution in [0.25, 0.3) is 5.69 Å². The van der Waals surface area contributed by atoms with Gasteiger partial charge in [0.25, 0.3) is 5.91 Å². The van der Waals surface area contributed by atoms with Gasteiger partial charge >= 0.3 is 6.18 Å². The minimum atomic E-state index is -4.40. The fraction of sp³-hybridized carbons (Fsp3) is 0.318. The molecule has 1 amide bonds. The number of methoxy groups -OCH3 is 1. The Morgan fingerprint density at radius 1 is 1.09 bits per heavy atom. The number of amides is 1. The molecule has 168 valence electrons. The zero-order valence-corrected chi connectivity index (χ0v) is 17.3. The molecule has 0 unspecified atom stereocenters. The number of benzene rings is 1. The highest BCUT2D eigenvalue weighted by Crippen LogP contribution is 2.29. The summed E-state index contributed by atoms with van der Waals surface area (Å²) in [6.07, 6.45) is -0.512. The van der Waals surface area contributed by atoms with E-state index in [9.17, 15) is 18.0 Å². The van der Waals surface area contributed by atoms with Crippen LogP contribution in [0.1, 0.15) is 28.9 Å². The molecule has 1 aliphatic rings. The van der Waals surface area contributed by atoms with Gasteiger partial charge in [-0.05, 0) is 55.3 Å². The molecule has 32 heavy (non-hydrogen) atoms. The van der Waals surface area contributed by atoms with Gasteiger partial charge in [0.2, 0.25) is 0 Å². The van der Waals surface area contributed by atoms with Gasteiger partial charge in [0, 0.05) is 31.5 Å². The number of halogens is 3. The second kappa shape index (κ2) is 8.89. The van der Waals surface area contributed by atoms with Gasteiger partial charge in [-0.25, -0.2) is 9.67 Å². The number of carbonyl (C=O) groups is 1. The average molecular weight is 445 g/mol. The van der Waals surface area contributed by atoms with Crippen LogP contribution >= 0.6 is 0 Å². The minimum absolute atomic E-state index is 0.0423. The highest BCUT2D eigenvalue weighted by Gasteiger charge is 2.31. The molecule has 0 atom stereocenters. The molecule has 1 saturated heterocycles. The second-order valence-electron chi connectivity index (χ2n) is 7.48. The summed E-state index contributed by atoms with van der Waals surface area (Å²) >= 11 is 0. The molecule has 2 aromatic heterocycles. The van der Waals surface area contributed by atoms with Crippen LogP contribution < -0.4 is 15.0 Å². The first-order chi connectivity index (χ1) is 15.3. The Morgan fingerprint density at radius 2 is 1.81 bits per heavy atom. The number of hydrogen-bond donors (Lipinski definition) is 1. The van der Waals surface area contributed by atoms with Crippen LogP contribution in [0, 0.1) is 0 Å². The van der Waals surface area contributed by atoms with Crippen molar-refractivity contribution in [2.24, 2.45) is 0 Å². The standard InChI is InChI=1S/C22H22F3N5O2/c1-32-18-5-3-17(4-6-18)30-13-10-19(28-30)21(31)27-16-8-11-29(12-9-16)20-7-2-15(14-26-20)22(23,24)25/h2-7,10,13-14,16H,8-9,11-12H2,1H3,(H,27,31). The Morgan fingerprint density at radius 3 is 2.41 bits per heavy atom. The quantitative estimate of drug-likeness (QED) is 0.649. The molecular weight excluding hydrogens is 423 g/mol. The smallest absolute Gasteiger partial charge is 0.417 e. The zero-order valence-electron chi connectivity index (χ0n) is 17.3. The number of carbonyl (C=O) groups excluding carboxylic acids is 1. The zero-order chi connectivity index (χ0) is 22.7. The van der Waals surface area contributed by atoms with Crippen LogP contribution in [-0.2, 0) is 6.18 Å². The summed E-state index contributed by atoms with van der Waals surface area (Å²) in [5.74, 6) is 0.973. The maximum atomic E-state index is 12.7. The van der Waals surface area contributed by atoms with Gasteiger partial charge in [-0.15, -0.1) is 0 Å². The molecule has 1 aromatic carbocycles. The monoisotopic (exact) mass is 445 g/mol. The van der Waals surface area contributed by atoms with Crippen molar-refractivity contribution in [3.63, 3.8) is 0 Å². The molecule has 1 fully saturated rings. The third-order valence-electron chi connectivity index (χ3n) is 5.39. The van der Waals surface area contributed by atoms with Gasteiger partial charge < -0.3 is 15.0 Å². The molecule has 1 aliphatic heterocycles. The van der Waals surface area contributed by atoms with Crippen molar-refractivity contribution in [2.45, 2.75) is 25.1 Å². The highest BCUT2D eigenvalue weighted by molar-refractivity contribution is 5.92. The molecule has 0 aliphatic carbocycles. The van der Waals surface area contributed by atoms with E-state index < -0.39 is 11.7 Å². The van der Waals surface area contributed by atoms with Gasteiger partial charge in [0.1, 0.15) is 11.6 Å². The fourth-order valence-electron chi connectivity index (χ4n) is 3.58. The Balaban J connectivity index is 1.31. The first kappa shape index (κ1) is 21.7. The number of ether oxygens (including phenoxy) is 1. The maximum absolute atomic E-state index is 12.7. The number of aromatic nitrogens is 3. The summed E-state index contributed by atoms with van der Waals surface area (Å²) in [7, 11) is 1.59. The molecule has 3 heterocycles. The van der Waals surface area contributed by atoms with Crippen molar-refractivity contribution in [1.82, 2.24) is 20.1 Å². The SMILES string of the molecule is COc1ccc(-n2ccc(C(=O)NC3CCN(c4ccc(C(F)(F)F)cn4)CC3)n2)cc1. The molecular formula is C22H22F3N5O2. The van der Waals surface area contributed by atoms with Crippen LogP contribution in [0.2, 0.25) is 0 Å². The first-order valence-corrected chi connectivity index (χ1v) is 10.1. The van der Waals surface area contributed by atoms with Gasteiger partial charge in [-0.1, -0.05) is 0 Å². The van der Waals surface area contributed by atoms with E-state index in [4.69, 9.17) is 4.74 Å². The van der Waals surface area contributed by atoms with Gasteiger partial charge in [-0.2, -0.15) is 18.3 Å². The summed E-state index contributed by atoms with van der Waals surface area (Å²) in [5, 5.41) is 7.33. The summed E-state index contributed by atoms with van der Waals surface area (Å²) < 4.78 is 44.9. The van der Waals surface area contributed by atoms with E-state index in [0.29, 0.717) is 37.4 Å². The predicted octanol–water partition coefficient (Wildman–Crippen LogP) is 3.69. The molecule has 0 bridgehead atoms. The van der Waals surface area contributed by atoms with E-state index in [-0.39, 0.29) is 11.9 Å². The maximum Gasteiger partial charge on any atom is 0.417 e. The lowest BCUT2D eigenvalue weighted by Crippen LogP contribution is -2.45. The van der Waals surface area contributed by atoms with Crippen LogP contribution in [0.15, 0.2) is 54.9 Å². The van der Waals surface area contributed by atoms with E-state index in [1.54, 1.807) is 24.1 Å². The Bertz CT molecular complexity index is 1060. The molecule has 1 N–H and O–H groups in total. The number of piperidine rings is 1. The van der Waals surface area contributed by atoms with Crippen molar-refractivity contribution < 1.29 is 22.7 Å². The normalized spacial score (nSPS) is 14.9. The van der Waals surface area contributed by atoms with E-state index >= 15 is 0 Å². The number of hydrogen-bond acceptors (Lipinski definition) is 5. The lowest BCUT2D eigenvalue weighted by Gasteiger charge is -2.33. The fourth-order valence-corrected chi connectivity index (χ4v) is 3.58. The number of alkyl halides is 3. The molecule has 0 radical (unpaired) electrons. The third-order valence-corrected chi connectivity index (χ3v) is 5.39. The second-order valence-corrected chi connectivity index (χ2v) is 7.48. The van der Waals surface area contributed by atoms with Crippen molar-refractivity contribution in [3.05, 3.63) is 66.1 Å². The molecule has 0 spiro atoms. The van der Waals surface area contributed by atoms with E-state index in [0.717, 1.165) is 23.7 Å². The van der Waals surface area contributed by atoms with E-state index in [2.05, 4.69) is 15.4 Å². The van der Waals surface area contributed by atoms with Crippen LogP contribution in [0.3, 0.4) is 0 Å². The number of nitrogens with zero attached hydrogens (tertiary/aromatic N) is 4. The third kappa shape index (κ3) is 4.84. The van der Waals surface area contributed by atoms with Gasteiger partial charge in [0.15, 0.2) is 5.69 Å². The molecule has 0 saturated carbocycles. The van der Waals surface area contributed by atoms with E-state index in [1.807, 2.05) is 29.2 Å².